The maximum Gasteiger partial charge on any atom is 0.211 e. The van der Waals surface area contributed by atoms with Crippen molar-refractivity contribution < 1.29 is 13.2 Å². The maximum absolute atomic E-state index is 11.6. The van der Waals surface area contributed by atoms with Crippen LogP contribution in [0.1, 0.15) is 17.5 Å². The SMILES string of the molecule is CN=C(NCc1ccc(C)cc1OC)NCC1CCN(S(C)(=O)=O)C1. The van der Waals surface area contributed by atoms with Gasteiger partial charge in [-0.3, -0.25) is 4.99 Å². The van der Waals surface area contributed by atoms with Crippen LogP contribution >= 0.6 is 0 Å². The number of aryl methyl sites for hydroxylation is 1. The van der Waals surface area contributed by atoms with Crippen molar-refractivity contribution in [1.29, 1.82) is 0 Å². The molecule has 2 rings (SSSR count). The highest BCUT2D eigenvalue weighted by Gasteiger charge is 2.28. The van der Waals surface area contributed by atoms with E-state index < -0.39 is 10.0 Å². The first kappa shape index (κ1) is 19.5. The van der Waals surface area contributed by atoms with E-state index in [-0.39, 0.29) is 0 Å². The summed E-state index contributed by atoms with van der Waals surface area (Å²) in [7, 11) is 0.296. The van der Waals surface area contributed by atoms with E-state index in [1.807, 2.05) is 25.1 Å². The summed E-state index contributed by atoms with van der Waals surface area (Å²) in [4.78, 5) is 4.23. The molecule has 1 atom stereocenters. The van der Waals surface area contributed by atoms with Crippen molar-refractivity contribution in [1.82, 2.24) is 14.9 Å². The first-order chi connectivity index (χ1) is 11.8. The molecule has 0 saturated carbocycles. The minimum absolute atomic E-state index is 0.294. The van der Waals surface area contributed by atoms with Crippen molar-refractivity contribution in [2.24, 2.45) is 10.9 Å². The number of benzene rings is 1. The molecule has 1 aliphatic rings. The van der Waals surface area contributed by atoms with E-state index in [2.05, 4.69) is 15.6 Å². The second kappa shape index (κ2) is 8.53. The van der Waals surface area contributed by atoms with Gasteiger partial charge in [0.1, 0.15) is 5.75 Å². The number of hydrogen-bond acceptors (Lipinski definition) is 4. The molecular formula is C17H28N4O3S. The van der Waals surface area contributed by atoms with Gasteiger partial charge in [0.25, 0.3) is 0 Å². The molecule has 0 aromatic heterocycles. The summed E-state index contributed by atoms with van der Waals surface area (Å²) >= 11 is 0. The van der Waals surface area contributed by atoms with Gasteiger partial charge in [0, 0.05) is 38.8 Å². The average Bonchev–Trinajstić information content (AvgIpc) is 3.05. The minimum Gasteiger partial charge on any atom is -0.496 e. The number of methoxy groups -OCH3 is 1. The molecule has 7 nitrogen and oxygen atoms in total. The number of nitrogens with zero attached hydrogens (tertiary/aromatic N) is 2. The van der Waals surface area contributed by atoms with E-state index in [4.69, 9.17) is 4.74 Å². The molecule has 25 heavy (non-hydrogen) atoms. The van der Waals surface area contributed by atoms with Crippen molar-refractivity contribution in [3.05, 3.63) is 29.3 Å². The highest BCUT2D eigenvalue weighted by Crippen LogP contribution is 2.20. The van der Waals surface area contributed by atoms with Gasteiger partial charge in [0.2, 0.25) is 10.0 Å². The number of hydrogen-bond donors (Lipinski definition) is 2. The minimum atomic E-state index is -3.09. The van der Waals surface area contributed by atoms with Gasteiger partial charge in [0.15, 0.2) is 5.96 Å². The second-order valence-corrected chi connectivity index (χ2v) is 8.38. The molecule has 0 amide bonds. The number of aliphatic imine (C=N–C) groups is 1. The molecule has 0 bridgehead atoms. The van der Waals surface area contributed by atoms with E-state index in [0.717, 1.165) is 23.3 Å². The fraction of sp³-hybridized carbons (Fsp3) is 0.588. The zero-order chi connectivity index (χ0) is 18.4. The molecule has 1 aliphatic heterocycles. The summed E-state index contributed by atoms with van der Waals surface area (Å²) in [6.45, 7) is 4.48. The van der Waals surface area contributed by atoms with Gasteiger partial charge in [-0.1, -0.05) is 12.1 Å². The standard InChI is InChI=1S/C17H28N4O3S/c1-13-5-6-15(16(9-13)24-3)11-20-17(18-2)19-10-14-7-8-21(12-14)25(4,22)23/h5-6,9,14H,7-8,10-12H2,1-4H3,(H2,18,19,20). The van der Waals surface area contributed by atoms with Crippen molar-refractivity contribution >= 4 is 16.0 Å². The Kier molecular flexibility index (Phi) is 6.66. The van der Waals surface area contributed by atoms with Gasteiger partial charge in [-0.2, -0.15) is 0 Å². The van der Waals surface area contributed by atoms with Crippen molar-refractivity contribution in [3.8, 4) is 5.75 Å². The Morgan fingerprint density at radius 1 is 1.40 bits per heavy atom. The molecule has 1 aromatic rings. The highest BCUT2D eigenvalue weighted by molar-refractivity contribution is 7.88. The Balaban J connectivity index is 1.84. The fourth-order valence-electron chi connectivity index (χ4n) is 2.90. The Morgan fingerprint density at radius 2 is 2.16 bits per heavy atom. The van der Waals surface area contributed by atoms with Crippen molar-refractivity contribution in [2.75, 3.05) is 40.0 Å². The summed E-state index contributed by atoms with van der Waals surface area (Å²) < 4.78 is 30.1. The van der Waals surface area contributed by atoms with E-state index in [0.29, 0.717) is 38.1 Å². The van der Waals surface area contributed by atoms with Crippen LogP contribution in [-0.2, 0) is 16.6 Å². The van der Waals surface area contributed by atoms with E-state index in [1.165, 1.54) is 10.6 Å². The van der Waals surface area contributed by atoms with Crippen LogP contribution in [0.2, 0.25) is 0 Å². The van der Waals surface area contributed by atoms with Crippen LogP contribution in [0.4, 0.5) is 0 Å². The Bertz CT molecular complexity index is 719. The summed E-state index contributed by atoms with van der Waals surface area (Å²) in [5.74, 6) is 1.84. The quantitative estimate of drug-likeness (QED) is 0.577. The average molecular weight is 369 g/mol. The van der Waals surface area contributed by atoms with Crippen LogP contribution in [0.3, 0.4) is 0 Å². The van der Waals surface area contributed by atoms with Crippen LogP contribution in [-0.4, -0.2) is 58.7 Å². The van der Waals surface area contributed by atoms with Crippen LogP contribution in [0.15, 0.2) is 23.2 Å². The summed E-state index contributed by atoms with van der Waals surface area (Å²) in [6, 6.07) is 6.09. The van der Waals surface area contributed by atoms with Gasteiger partial charge in [-0.15, -0.1) is 0 Å². The monoisotopic (exact) mass is 368 g/mol. The fourth-order valence-corrected chi connectivity index (χ4v) is 3.82. The topological polar surface area (TPSA) is 83.0 Å². The maximum atomic E-state index is 11.6. The molecule has 1 saturated heterocycles. The number of guanidine groups is 1. The second-order valence-electron chi connectivity index (χ2n) is 6.40. The van der Waals surface area contributed by atoms with Gasteiger partial charge in [-0.05, 0) is 30.9 Å². The number of rotatable bonds is 6. The number of sulfonamides is 1. The van der Waals surface area contributed by atoms with Crippen LogP contribution < -0.4 is 15.4 Å². The molecule has 0 radical (unpaired) electrons. The van der Waals surface area contributed by atoms with Crippen LogP contribution in [0.5, 0.6) is 5.75 Å². The molecule has 8 heteroatoms. The lowest BCUT2D eigenvalue weighted by Gasteiger charge is -2.17. The molecule has 1 unspecified atom stereocenters. The zero-order valence-corrected chi connectivity index (χ0v) is 16.2. The first-order valence-electron chi connectivity index (χ1n) is 8.36. The highest BCUT2D eigenvalue weighted by atomic mass is 32.2. The lowest BCUT2D eigenvalue weighted by molar-refractivity contribution is 0.408. The Morgan fingerprint density at radius 3 is 2.76 bits per heavy atom. The van der Waals surface area contributed by atoms with E-state index in [1.54, 1.807) is 14.2 Å². The van der Waals surface area contributed by atoms with Gasteiger partial charge in [0.05, 0.1) is 13.4 Å². The van der Waals surface area contributed by atoms with Crippen LogP contribution in [0.25, 0.3) is 0 Å². The summed E-state index contributed by atoms with van der Waals surface area (Å²) in [6.07, 6.45) is 2.13. The molecule has 2 N–H and O–H groups in total. The first-order valence-corrected chi connectivity index (χ1v) is 10.2. The lowest BCUT2D eigenvalue weighted by Crippen LogP contribution is -2.40. The number of nitrogens with one attached hydrogen (secondary N) is 2. The molecule has 0 spiro atoms. The smallest absolute Gasteiger partial charge is 0.211 e. The predicted octanol–water partition coefficient (Wildman–Crippen LogP) is 0.950. The van der Waals surface area contributed by atoms with E-state index >= 15 is 0 Å². The molecule has 1 aromatic carbocycles. The molecular weight excluding hydrogens is 340 g/mol. The largest absolute Gasteiger partial charge is 0.496 e. The molecule has 140 valence electrons. The summed E-state index contributed by atoms with van der Waals surface area (Å²) in [5, 5.41) is 6.55. The predicted molar refractivity (Wildman–Crippen MR) is 100 cm³/mol. The number of ether oxygens (including phenoxy) is 1. The van der Waals surface area contributed by atoms with Gasteiger partial charge in [-0.25, -0.2) is 12.7 Å². The van der Waals surface area contributed by atoms with E-state index in [9.17, 15) is 8.42 Å². The van der Waals surface area contributed by atoms with Crippen molar-refractivity contribution in [2.45, 2.75) is 19.9 Å². The van der Waals surface area contributed by atoms with Gasteiger partial charge >= 0.3 is 0 Å². The zero-order valence-electron chi connectivity index (χ0n) is 15.4. The van der Waals surface area contributed by atoms with Gasteiger partial charge < -0.3 is 15.4 Å². The molecule has 1 heterocycles. The third kappa shape index (κ3) is 5.61. The lowest BCUT2D eigenvalue weighted by atomic mass is 10.1. The normalized spacial score (nSPS) is 19.0. The Labute approximate surface area is 150 Å². The third-order valence-electron chi connectivity index (χ3n) is 4.39. The summed E-state index contributed by atoms with van der Waals surface area (Å²) in [5.41, 5.74) is 2.21. The van der Waals surface area contributed by atoms with Crippen molar-refractivity contribution in [3.63, 3.8) is 0 Å². The van der Waals surface area contributed by atoms with Crippen LogP contribution in [0, 0.1) is 12.8 Å². The molecule has 0 aliphatic carbocycles. The Hall–Kier alpha value is -1.80. The molecule has 1 fully saturated rings. The third-order valence-corrected chi connectivity index (χ3v) is 5.66.